The summed E-state index contributed by atoms with van der Waals surface area (Å²) in [7, 11) is 0. The predicted molar refractivity (Wildman–Crippen MR) is 116 cm³/mol. The van der Waals surface area contributed by atoms with Crippen LogP contribution in [0.5, 0.6) is 0 Å². The Kier molecular flexibility index (Phi) is 5.00. The van der Waals surface area contributed by atoms with Gasteiger partial charge in [-0.25, -0.2) is 14.8 Å². The highest BCUT2D eigenvalue weighted by atomic mass is 16.4. The van der Waals surface area contributed by atoms with E-state index in [1.807, 2.05) is 26.0 Å². The Bertz CT molecular complexity index is 1180. The maximum atomic E-state index is 11.6. The number of para-hydroxylation sites is 1. The zero-order valence-corrected chi connectivity index (χ0v) is 17.2. The lowest BCUT2D eigenvalue weighted by Crippen LogP contribution is -2.46. The van der Waals surface area contributed by atoms with Gasteiger partial charge in [-0.05, 0) is 51.0 Å². The summed E-state index contributed by atoms with van der Waals surface area (Å²) >= 11 is 0. The Balaban J connectivity index is 1.81. The van der Waals surface area contributed by atoms with Crippen molar-refractivity contribution in [1.82, 2.24) is 9.97 Å². The van der Waals surface area contributed by atoms with Crippen molar-refractivity contribution in [2.24, 2.45) is 0 Å². The van der Waals surface area contributed by atoms with Gasteiger partial charge >= 0.3 is 5.97 Å². The average molecular weight is 401 g/mol. The highest BCUT2D eigenvalue weighted by Crippen LogP contribution is 2.32. The van der Waals surface area contributed by atoms with E-state index in [9.17, 15) is 15.2 Å². The predicted octanol–water partition coefficient (Wildman–Crippen LogP) is 4.28. The van der Waals surface area contributed by atoms with Crippen LogP contribution in [0, 0.1) is 18.3 Å². The smallest absolute Gasteiger partial charge is 0.337 e. The molecule has 2 N–H and O–H groups in total. The molecule has 0 spiro atoms. The lowest BCUT2D eigenvalue weighted by molar-refractivity contribution is 0.0698. The fourth-order valence-electron chi connectivity index (χ4n) is 3.87. The lowest BCUT2D eigenvalue weighted by Gasteiger charge is -2.40. The molecule has 7 nitrogen and oxygen atoms in total. The van der Waals surface area contributed by atoms with Crippen LogP contribution in [-0.4, -0.2) is 33.6 Å². The SMILES string of the molecule is Cc1cc([C@@H](C)Nc2ccccc2C(=O)O)c2nc(N3CCC3C)c(C#N)nc2c1. The summed E-state index contributed by atoms with van der Waals surface area (Å²) in [5.41, 5.74) is 4.40. The molecule has 1 aliphatic heterocycles. The van der Waals surface area contributed by atoms with Crippen molar-refractivity contribution in [2.75, 3.05) is 16.8 Å². The van der Waals surface area contributed by atoms with Crippen LogP contribution in [0.3, 0.4) is 0 Å². The molecule has 2 atom stereocenters. The minimum Gasteiger partial charge on any atom is -0.478 e. The lowest BCUT2D eigenvalue weighted by atomic mass is 10.0. The number of carboxylic acid groups (broad SMARTS) is 1. The maximum Gasteiger partial charge on any atom is 0.337 e. The number of nitrogens with zero attached hydrogens (tertiary/aromatic N) is 4. The maximum absolute atomic E-state index is 11.6. The normalized spacial score (nSPS) is 16.6. The first-order valence-electron chi connectivity index (χ1n) is 9.97. The van der Waals surface area contributed by atoms with Gasteiger partial charge in [0.2, 0.25) is 0 Å². The van der Waals surface area contributed by atoms with Gasteiger partial charge in [0.25, 0.3) is 0 Å². The van der Waals surface area contributed by atoms with Crippen LogP contribution in [0.15, 0.2) is 36.4 Å². The standard InChI is InChI=1S/C23H23N5O2/c1-13-10-17(15(3)25-18-7-5-4-6-16(18)23(29)30)21-19(11-13)26-20(12-24)22(27-21)28-9-8-14(28)2/h4-7,10-11,14-15,25H,8-9H2,1-3H3,(H,29,30)/t14?,15-/m1/s1. The molecule has 0 aliphatic carbocycles. The largest absolute Gasteiger partial charge is 0.478 e. The van der Waals surface area contributed by atoms with E-state index >= 15 is 0 Å². The fourth-order valence-corrected chi connectivity index (χ4v) is 3.87. The first-order chi connectivity index (χ1) is 14.4. The number of hydrogen-bond acceptors (Lipinski definition) is 6. The number of aromatic carboxylic acids is 1. The van der Waals surface area contributed by atoms with Gasteiger partial charge in [-0.3, -0.25) is 0 Å². The molecule has 2 heterocycles. The fraction of sp³-hybridized carbons (Fsp3) is 0.304. The number of benzene rings is 2. The zero-order valence-electron chi connectivity index (χ0n) is 17.2. The molecule has 2 aromatic carbocycles. The van der Waals surface area contributed by atoms with Gasteiger partial charge < -0.3 is 15.3 Å². The van der Waals surface area contributed by atoms with Gasteiger partial charge in [-0.2, -0.15) is 5.26 Å². The first kappa shape index (κ1) is 19.6. The molecule has 0 amide bonds. The van der Waals surface area contributed by atoms with E-state index < -0.39 is 5.97 Å². The number of aromatic nitrogens is 2. The summed E-state index contributed by atoms with van der Waals surface area (Å²) in [6, 6.07) is 13.1. The van der Waals surface area contributed by atoms with Crippen molar-refractivity contribution < 1.29 is 9.90 Å². The Labute approximate surface area is 175 Å². The molecule has 1 fully saturated rings. The van der Waals surface area contributed by atoms with Crippen molar-refractivity contribution in [3.8, 4) is 6.07 Å². The molecule has 1 aliphatic rings. The van der Waals surface area contributed by atoms with Crippen LogP contribution in [-0.2, 0) is 0 Å². The van der Waals surface area contributed by atoms with Crippen molar-refractivity contribution in [1.29, 1.82) is 5.26 Å². The number of nitrogens with one attached hydrogen (secondary N) is 1. The Morgan fingerprint density at radius 2 is 2.10 bits per heavy atom. The summed E-state index contributed by atoms with van der Waals surface area (Å²) in [4.78, 5) is 23.1. The van der Waals surface area contributed by atoms with Crippen LogP contribution in [0.4, 0.5) is 11.5 Å². The molecule has 1 aromatic heterocycles. The molecule has 0 radical (unpaired) electrons. The molecule has 0 bridgehead atoms. The number of carboxylic acids is 1. The van der Waals surface area contributed by atoms with Gasteiger partial charge in [0.05, 0.1) is 22.6 Å². The van der Waals surface area contributed by atoms with Crippen LogP contribution < -0.4 is 10.2 Å². The number of aryl methyl sites for hydroxylation is 1. The van der Waals surface area contributed by atoms with Gasteiger partial charge in [0.15, 0.2) is 11.5 Å². The van der Waals surface area contributed by atoms with E-state index in [0.29, 0.717) is 28.8 Å². The Morgan fingerprint density at radius 3 is 2.73 bits per heavy atom. The molecule has 30 heavy (non-hydrogen) atoms. The van der Waals surface area contributed by atoms with Gasteiger partial charge in [0.1, 0.15) is 6.07 Å². The van der Waals surface area contributed by atoms with Crippen LogP contribution in [0.2, 0.25) is 0 Å². The molecule has 0 saturated carbocycles. The third-order valence-electron chi connectivity index (χ3n) is 5.62. The van der Waals surface area contributed by atoms with Crippen LogP contribution in [0.25, 0.3) is 11.0 Å². The summed E-state index contributed by atoms with van der Waals surface area (Å²) in [6.07, 6.45) is 1.06. The Morgan fingerprint density at radius 1 is 1.33 bits per heavy atom. The molecule has 1 saturated heterocycles. The van der Waals surface area contributed by atoms with E-state index in [-0.39, 0.29) is 11.6 Å². The van der Waals surface area contributed by atoms with Gasteiger partial charge in [0, 0.05) is 23.8 Å². The van der Waals surface area contributed by atoms with Crippen LogP contribution >= 0.6 is 0 Å². The van der Waals surface area contributed by atoms with E-state index in [2.05, 4.69) is 28.2 Å². The second-order valence-corrected chi connectivity index (χ2v) is 7.78. The summed E-state index contributed by atoms with van der Waals surface area (Å²) < 4.78 is 0. The number of hydrogen-bond donors (Lipinski definition) is 2. The Hall–Kier alpha value is -3.66. The monoisotopic (exact) mass is 401 g/mol. The highest BCUT2D eigenvalue weighted by molar-refractivity contribution is 5.94. The highest BCUT2D eigenvalue weighted by Gasteiger charge is 2.29. The molecular weight excluding hydrogens is 378 g/mol. The molecule has 4 rings (SSSR count). The van der Waals surface area contributed by atoms with Gasteiger partial charge in [-0.15, -0.1) is 0 Å². The average Bonchev–Trinajstić information content (AvgIpc) is 2.72. The summed E-state index contributed by atoms with van der Waals surface area (Å²) in [5, 5.41) is 22.4. The third-order valence-corrected chi connectivity index (χ3v) is 5.62. The van der Waals surface area contributed by atoms with E-state index in [4.69, 9.17) is 4.98 Å². The zero-order chi connectivity index (χ0) is 21.4. The number of fused-ring (bicyclic) bond motifs is 1. The summed E-state index contributed by atoms with van der Waals surface area (Å²) in [6.45, 7) is 6.91. The summed E-state index contributed by atoms with van der Waals surface area (Å²) in [5.74, 6) is -0.362. The minimum atomic E-state index is -0.980. The minimum absolute atomic E-state index is 0.211. The molecule has 3 aromatic rings. The van der Waals surface area contributed by atoms with Gasteiger partial charge in [-0.1, -0.05) is 18.2 Å². The van der Waals surface area contributed by atoms with Crippen molar-refractivity contribution >= 4 is 28.5 Å². The number of rotatable bonds is 5. The second kappa shape index (κ2) is 7.64. The molecule has 7 heteroatoms. The van der Waals surface area contributed by atoms with Crippen LogP contribution in [0.1, 0.15) is 53.5 Å². The van der Waals surface area contributed by atoms with Crippen molar-refractivity contribution in [2.45, 2.75) is 39.3 Å². The van der Waals surface area contributed by atoms with Crippen molar-refractivity contribution in [3.05, 3.63) is 58.8 Å². The first-order valence-corrected chi connectivity index (χ1v) is 9.97. The molecule has 1 unspecified atom stereocenters. The topological polar surface area (TPSA) is 102 Å². The second-order valence-electron chi connectivity index (χ2n) is 7.78. The van der Waals surface area contributed by atoms with E-state index in [1.54, 1.807) is 24.3 Å². The number of anilines is 2. The van der Waals surface area contributed by atoms with Crippen molar-refractivity contribution in [3.63, 3.8) is 0 Å². The number of nitriles is 1. The van der Waals surface area contributed by atoms with E-state index in [0.717, 1.165) is 29.6 Å². The molecular formula is C23H23N5O2. The third kappa shape index (κ3) is 3.41. The quantitative estimate of drug-likeness (QED) is 0.658. The van der Waals surface area contributed by atoms with E-state index in [1.165, 1.54) is 0 Å². The molecule has 152 valence electrons. The number of carbonyl (C=O) groups is 1.